The van der Waals surface area contributed by atoms with Crippen LogP contribution in [0.3, 0.4) is 0 Å². The minimum Gasteiger partial charge on any atom is -0.506 e. The molecule has 12 nitrogen and oxygen atoms in total. The second-order valence-electron chi connectivity index (χ2n) is 15.4. The van der Waals surface area contributed by atoms with Crippen molar-refractivity contribution in [1.82, 2.24) is 25.4 Å². The first-order chi connectivity index (χ1) is 27.8. The van der Waals surface area contributed by atoms with Crippen LogP contribution in [-0.2, 0) is 11.3 Å². The molecular weight excluding hydrogens is 723 g/mol. The largest absolute Gasteiger partial charge is 0.506 e. The number of phenols is 1. The maximum absolute atomic E-state index is 13.4. The predicted molar refractivity (Wildman–Crippen MR) is 216 cm³/mol. The van der Waals surface area contributed by atoms with Crippen molar-refractivity contribution < 1.29 is 29.3 Å². The number of likely N-dealkylation sites (tertiary alicyclic amines) is 1. The first-order valence-electron chi connectivity index (χ1n) is 19.9. The fourth-order valence-electron chi connectivity index (χ4n) is 8.44. The number of rotatable bonds is 12. The molecule has 5 heterocycles. The summed E-state index contributed by atoms with van der Waals surface area (Å²) in [5, 5.41) is 28.3. The quantitative estimate of drug-likeness (QED) is 0.108. The summed E-state index contributed by atoms with van der Waals surface area (Å²) in [7, 11) is 0. The molecule has 5 N–H and O–H groups in total. The monoisotopic (exact) mass is 771 g/mol. The molecule has 296 valence electrons. The third kappa shape index (κ3) is 8.99. The second-order valence-corrected chi connectivity index (χ2v) is 15.4. The van der Waals surface area contributed by atoms with E-state index in [2.05, 4.69) is 20.5 Å². The highest BCUT2D eigenvalue weighted by molar-refractivity contribution is 5.94. The van der Waals surface area contributed by atoms with Gasteiger partial charge in [-0.15, -0.1) is 0 Å². The summed E-state index contributed by atoms with van der Waals surface area (Å²) in [6.07, 6.45) is 2.28. The number of amides is 2. The number of hydrogen-bond acceptors (Lipinski definition) is 9. The lowest BCUT2D eigenvalue weighted by molar-refractivity contribution is -0.0336. The number of carbonyl (C=O) groups excluding carboxylic acids is 2. The van der Waals surface area contributed by atoms with E-state index < -0.39 is 18.2 Å². The number of alkyl carbamates (subject to hydrolysis) is 1. The number of ether oxygens (including phenoxy) is 2. The number of H-pyrrole nitrogens is 1. The minimum absolute atomic E-state index is 0.0234. The van der Waals surface area contributed by atoms with Gasteiger partial charge in [-0.2, -0.15) is 0 Å². The van der Waals surface area contributed by atoms with Gasteiger partial charge in [0.25, 0.3) is 5.91 Å². The zero-order valence-electron chi connectivity index (χ0n) is 31.8. The highest BCUT2D eigenvalue weighted by Crippen LogP contribution is 2.32. The number of benzene rings is 4. The van der Waals surface area contributed by atoms with Crippen LogP contribution < -0.4 is 20.9 Å². The number of aromatic amines is 1. The summed E-state index contributed by atoms with van der Waals surface area (Å²) < 4.78 is 12.2. The Labute approximate surface area is 331 Å². The Balaban J connectivity index is 0.825. The standard InChI is InChI=1S/C45H49N5O7/c51-38-15-13-36(37-14-16-41(53)47-43(37)38)39(52)26-46-34-19-23-50(24-20-34)44(54)32-11-9-29(10-12-32)28-56-35-8-4-7-33(25-35)42(31-5-2-1-3-6-31)48-45(55)57-40-27-49-21-17-30(40)18-22-49/h1-16,25,30,34,39-40,42,46,51-52H,17-24,26-28H2,(H,47,53)(H,48,55). The fourth-order valence-corrected chi connectivity index (χ4v) is 8.44. The van der Waals surface area contributed by atoms with E-state index in [9.17, 15) is 24.6 Å². The Kier molecular flexibility index (Phi) is 11.5. The van der Waals surface area contributed by atoms with E-state index in [0.29, 0.717) is 59.9 Å². The molecule has 2 bridgehead atoms. The van der Waals surface area contributed by atoms with E-state index in [4.69, 9.17) is 9.47 Å². The van der Waals surface area contributed by atoms with Gasteiger partial charge in [0.15, 0.2) is 0 Å². The van der Waals surface area contributed by atoms with E-state index in [1.54, 1.807) is 12.1 Å². The van der Waals surface area contributed by atoms with Crippen LogP contribution >= 0.6 is 0 Å². The van der Waals surface area contributed by atoms with Crippen molar-refractivity contribution in [1.29, 1.82) is 0 Å². The fraction of sp³-hybridized carbons (Fsp3) is 0.356. The van der Waals surface area contributed by atoms with Crippen LogP contribution in [0, 0.1) is 5.92 Å². The average molecular weight is 772 g/mol. The molecule has 12 heteroatoms. The van der Waals surface area contributed by atoms with Gasteiger partial charge >= 0.3 is 6.09 Å². The topological polar surface area (TPSA) is 156 Å². The van der Waals surface area contributed by atoms with E-state index in [1.165, 1.54) is 12.1 Å². The average Bonchev–Trinajstić information content (AvgIpc) is 3.25. The number of nitrogens with one attached hydrogen (secondary N) is 3. The number of aromatic nitrogens is 1. The van der Waals surface area contributed by atoms with E-state index in [-0.39, 0.29) is 29.4 Å². The molecule has 1 aromatic heterocycles. The zero-order valence-corrected chi connectivity index (χ0v) is 31.8. The van der Waals surface area contributed by atoms with Gasteiger partial charge in [0.2, 0.25) is 5.56 Å². The normalized spacial score (nSPS) is 20.5. The Morgan fingerprint density at radius 1 is 0.842 bits per heavy atom. The molecule has 4 fully saturated rings. The van der Waals surface area contributed by atoms with Crippen molar-refractivity contribution in [3.05, 3.63) is 141 Å². The Morgan fingerprint density at radius 2 is 1.60 bits per heavy atom. The molecule has 9 rings (SSSR count). The van der Waals surface area contributed by atoms with Crippen LogP contribution in [0.2, 0.25) is 0 Å². The number of aromatic hydroxyl groups is 1. The van der Waals surface area contributed by atoms with Gasteiger partial charge in [0, 0.05) is 49.2 Å². The zero-order chi connectivity index (χ0) is 39.3. The Hall–Kier alpha value is -5.69. The van der Waals surface area contributed by atoms with E-state index in [1.807, 2.05) is 83.8 Å². The summed E-state index contributed by atoms with van der Waals surface area (Å²) in [4.78, 5) is 45.3. The number of fused-ring (bicyclic) bond motifs is 4. The van der Waals surface area contributed by atoms with Gasteiger partial charge in [-0.25, -0.2) is 4.79 Å². The van der Waals surface area contributed by atoms with Crippen molar-refractivity contribution in [3.63, 3.8) is 0 Å². The molecule has 5 aromatic rings. The van der Waals surface area contributed by atoms with Crippen molar-refractivity contribution in [2.75, 3.05) is 39.3 Å². The molecule has 3 atom stereocenters. The summed E-state index contributed by atoms with van der Waals surface area (Å²) in [5.74, 6) is 1.02. The van der Waals surface area contributed by atoms with Crippen LogP contribution in [0.5, 0.6) is 11.5 Å². The van der Waals surface area contributed by atoms with Crippen molar-refractivity contribution in [2.24, 2.45) is 5.92 Å². The molecule has 4 aliphatic heterocycles. The Bertz CT molecular complexity index is 2230. The minimum atomic E-state index is -0.844. The summed E-state index contributed by atoms with van der Waals surface area (Å²) in [6.45, 7) is 4.74. The molecule has 57 heavy (non-hydrogen) atoms. The lowest BCUT2D eigenvalue weighted by Crippen LogP contribution is -2.52. The summed E-state index contributed by atoms with van der Waals surface area (Å²) in [5.41, 5.74) is 3.95. The van der Waals surface area contributed by atoms with Crippen LogP contribution in [0.15, 0.2) is 108 Å². The molecule has 0 radical (unpaired) electrons. The highest BCUT2D eigenvalue weighted by Gasteiger charge is 2.37. The lowest BCUT2D eigenvalue weighted by Gasteiger charge is -2.43. The van der Waals surface area contributed by atoms with Gasteiger partial charge in [-0.1, -0.05) is 60.7 Å². The third-order valence-electron chi connectivity index (χ3n) is 11.7. The molecular formula is C45H49N5O7. The van der Waals surface area contributed by atoms with Crippen LogP contribution in [-0.4, -0.2) is 88.4 Å². The first-order valence-corrected chi connectivity index (χ1v) is 19.9. The maximum Gasteiger partial charge on any atom is 0.408 e. The highest BCUT2D eigenvalue weighted by atomic mass is 16.6. The molecule has 4 aliphatic rings. The molecule has 0 saturated carbocycles. The van der Waals surface area contributed by atoms with Gasteiger partial charge in [0.05, 0.1) is 17.7 Å². The second kappa shape index (κ2) is 17.2. The third-order valence-corrected chi connectivity index (χ3v) is 11.7. The number of pyridine rings is 1. The number of piperidine rings is 4. The Morgan fingerprint density at radius 3 is 2.33 bits per heavy atom. The van der Waals surface area contributed by atoms with Crippen molar-refractivity contribution >= 4 is 22.9 Å². The van der Waals surface area contributed by atoms with Crippen molar-refractivity contribution in [2.45, 2.75) is 56.6 Å². The van der Waals surface area contributed by atoms with Crippen LogP contribution in [0.25, 0.3) is 10.9 Å². The molecule has 3 unspecified atom stereocenters. The number of hydrogen-bond donors (Lipinski definition) is 5. The molecule has 0 aliphatic carbocycles. The van der Waals surface area contributed by atoms with Gasteiger partial charge < -0.3 is 40.2 Å². The number of aliphatic hydroxyl groups excluding tert-OH is 1. The first kappa shape index (κ1) is 38.2. The van der Waals surface area contributed by atoms with Crippen LogP contribution in [0.1, 0.15) is 70.4 Å². The van der Waals surface area contributed by atoms with Gasteiger partial charge in [-0.3, -0.25) is 14.5 Å². The van der Waals surface area contributed by atoms with Crippen molar-refractivity contribution in [3.8, 4) is 11.5 Å². The smallest absolute Gasteiger partial charge is 0.408 e. The number of carbonyl (C=O) groups is 2. The molecule has 2 amide bonds. The number of nitrogens with zero attached hydrogens (tertiary/aromatic N) is 2. The summed E-state index contributed by atoms with van der Waals surface area (Å²) in [6, 6.07) is 30.9. The SMILES string of the molecule is O=C(NC(c1ccccc1)c1cccc(OCc2ccc(C(=O)N3CCC(NCC(O)c4ccc(O)c5[nH]c(=O)ccc45)CC3)cc2)c1)OC1CN2CCC1CC2. The van der Waals surface area contributed by atoms with Gasteiger partial charge in [0.1, 0.15) is 24.2 Å². The molecule has 4 saturated heterocycles. The van der Waals surface area contributed by atoms with E-state index >= 15 is 0 Å². The van der Waals surface area contributed by atoms with Crippen LogP contribution in [0.4, 0.5) is 4.79 Å². The molecule has 0 spiro atoms. The van der Waals surface area contributed by atoms with Gasteiger partial charge in [-0.05, 0) is 103 Å². The molecule has 4 aromatic carbocycles. The lowest BCUT2D eigenvalue weighted by atomic mass is 9.86. The van der Waals surface area contributed by atoms with E-state index in [0.717, 1.165) is 62.0 Å². The maximum atomic E-state index is 13.4. The summed E-state index contributed by atoms with van der Waals surface area (Å²) >= 11 is 0. The number of phenolic OH excluding ortho intramolecular Hbond substituents is 1. The predicted octanol–water partition coefficient (Wildman–Crippen LogP) is 5.65. The number of aliphatic hydroxyl groups is 1.